The molecule has 2 atom stereocenters. The average molecular weight is 396 g/mol. The SMILES string of the molecule is C=CCNC(=O)[C@H](C)OC(=O)c1ccc(S(=O)(=O)NC[C@@H]2CCCO2)cc1. The van der Waals surface area contributed by atoms with Crippen molar-refractivity contribution >= 4 is 21.9 Å². The summed E-state index contributed by atoms with van der Waals surface area (Å²) in [5.41, 5.74) is 0.149. The summed E-state index contributed by atoms with van der Waals surface area (Å²) in [7, 11) is -3.69. The molecule has 2 rings (SSSR count). The number of benzene rings is 1. The van der Waals surface area contributed by atoms with Crippen LogP contribution in [-0.4, -0.2) is 52.2 Å². The Kier molecular flexibility index (Phi) is 7.52. The molecule has 0 aliphatic carbocycles. The highest BCUT2D eigenvalue weighted by Crippen LogP contribution is 2.14. The van der Waals surface area contributed by atoms with E-state index in [2.05, 4.69) is 16.6 Å². The maximum atomic E-state index is 12.3. The summed E-state index contributed by atoms with van der Waals surface area (Å²) in [6.45, 7) is 6.06. The molecule has 0 radical (unpaired) electrons. The van der Waals surface area contributed by atoms with Gasteiger partial charge in [0.2, 0.25) is 10.0 Å². The molecule has 1 aliphatic rings. The van der Waals surface area contributed by atoms with Gasteiger partial charge in [-0.05, 0) is 44.0 Å². The number of esters is 1. The van der Waals surface area contributed by atoms with Crippen molar-refractivity contribution in [2.24, 2.45) is 0 Å². The van der Waals surface area contributed by atoms with Crippen LogP contribution in [0.1, 0.15) is 30.1 Å². The first-order valence-corrected chi connectivity index (χ1v) is 10.1. The van der Waals surface area contributed by atoms with Crippen LogP contribution in [0.3, 0.4) is 0 Å². The van der Waals surface area contributed by atoms with Crippen molar-refractivity contribution in [1.29, 1.82) is 0 Å². The number of carbonyl (C=O) groups excluding carboxylic acids is 2. The van der Waals surface area contributed by atoms with Gasteiger partial charge in [-0.1, -0.05) is 6.08 Å². The highest BCUT2D eigenvalue weighted by atomic mass is 32.2. The van der Waals surface area contributed by atoms with E-state index in [0.717, 1.165) is 12.8 Å². The third kappa shape index (κ3) is 6.16. The summed E-state index contributed by atoms with van der Waals surface area (Å²) in [5, 5.41) is 2.52. The van der Waals surface area contributed by atoms with Gasteiger partial charge in [0.25, 0.3) is 5.91 Å². The van der Waals surface area contributed by atoms with Crippen molar-refractivity contribution in [3.63, 3.8) is 0 Å². The molecular formula is C18H24N2O6S. The quantitative estimate of drug-likeness (QED) is 0.476. The molecule has 0 bridgehead atoms. The lowest BCUT2D eigenvalue weighted by molar-refractivity contribution is -0.128. The smallest absolute Gasteiger partial charge is 0.338 e. The first-order chi connectivity index (χ1) is 12.8. The molecule has 1 fully saturated rings. The molecular weight excluding hydrogens is 372 g/mol. The van der Waals surface area contributed by atoms with Crippen LogP contribution in [0, 0.1) is 0 Å². The first-order valence-electron chi connectivity index (χ1n) is 8.64. The van der Waals surface area contributed by atoms with E-state index in [1.807, 2.05) is 0 Å². The summed E-state index contributed by atoms with van der Waals surface area (Å²) in [6.07, 6.45) is 2.18. The van der Waals surface area contributed by atoms with Crippen LogP contribution >= 0.6 is 0 Å². The van der Waals surface area contributed by atoms with Crippen LogP contribution in [0.25, 0.3) is 0 Å². The molecule has 2 N–H and O–H groups in total. The molecule has 1 aliphatic heterocycles. The lowest BCUT2D eigenvalue weighted by Gasteiger charge is -2.13. The molecule has 1 saturated heterocycles. The van der Waals surface area contributed by atoms with E-state index in [4.69, 9.17) is 9.47 Å². The molecule has 0 spiro atoms. The minimum Gasteiger partial charge on any atom is -0.449 e. The topological polar surface area (TPSA) is 111 Å². The number of carbonyl (C=O) groups is 2. The number of ether oxygens (including phenoxy) is 2. The van der Waals surface area contributed by atoms with E-state index in [1.54, 1.807) is 0 Å². The molecule has 1 heterocycles. The lowest BCUT2D eigenvalue weighted by Crippen LogP contribution is -2.35. The van der Waals surface area contributed by atoms with Crippen molar-refractivity contribution in [3.8, 4) is 0 Å². The Morgan fingerprint density at radius 1 is 1.37 bits per heavy atom. The Labute approximate surface area is 159 Å². The molecule has 148 valence electrons. The van der Waals surface area contributed by atoms with Crippen molar-refractivity contribution in [1.82, 2.24) is 10.0 Å². The number of nitrogens with one attached hydrogen (secondary N) is 2. The van der Waals surface area contributed by atoms with Gasteiger partial charge >= 0.3 is 5.97 Å². The standard InChI is InChI=1S/C18H24N2O6S/c1-3-10-19-17(21)13(2)26-18(22)14-6-8-16(9-7-14)27(23,24)20-12-15-5-4-11-25-15/h3,6-9,13,15,20H,1,4-5,10-12H2,2H3,(H,19,21)/t13-,15-/m0/s1. The first kappa shape index (κ1) is 21.1. The minimum absolute atomic E-state index is 0.0359. The molecule has 0 unspecified atom stereocenters. The number of hydrogen-bond donors (Lipinski definition) is 2. The van der Waals surface area contributed by atoms with Crippen LogP contribution in [0.2, 0.25) is 0 Å². The van der Waals surface area contributed by atoms with E-state index >= 15 is 0 Å². The second-order valence-electron chi connectivity index (χ2n) is 6.09. The summed E-state index contributed by atoms with van der Waals surface area (Å²) in [6, 6.07) is 5.32. The Bertz CT molecular complexity index is 770. The molecule has 1 aromatic rings. The second-order valence-corrected chi connectivity index (χ2v) is 7.86. The highest BCUT2D eigenvalue weighted by molar-refractivity contribution is 7.89. The maximum Gasteiger partial charge on any atom is 0.338 e. The van der Waals surface area contributed by atoms with Crippen molar-refractivity contribution in [3.05, 3.63) is 42.5 Å². The fourth-order valence-corrected chi connectivity index (χ4v) is 3.53. The van der Waals surface area contributed by atoms with Gasteiger partial charge in [-0.3, -0.25) is 4.79 Å². The van der Waals surface area contributed by atoms with E-state index in [0.29, 0.717) is 6.61 Å². The number of rotatable bonds is 9. The monoisotopic (exact) mass is 396 g/mol. The molecule has 1 amide bonds. The molecule has 9 heteroatoms. The zero-order chi connectivity index (χ0) is 19.9. The average Bonchev–Trinajstić information content (AvgIpc) is 3.18. The third-order valence-corrected chi connectivity index (χ3v) is 5.44. The Balaban J connectivity index is 1.93. The van der Waals surface area contributed by atoms with Crippen LogP contribution in [0.15, 0.2) is 41.8 Å². The van der Waals surface area contributed by atoms with Crippen molar-refractivity contribution in [2.75, 3.05) is 19.7 Å². The van der Waals surface area contributed by atoms with Gasteiger partial charge in [0.15, 0.2) is 6.10 Å². The molecule has 0 saturated carbocycles. The zero-order valence-electron chi connectivity index (χ0n) is 15.1. The predicted molar refractivity (Wildman–Crippen MR) is 98.7 cm³/mol. The normalized spacial score (nSPS) is 17.9. The van der Waals surface area contributed by atoms with Gasteiger partial charge in [0.1, 0.15) is 0 Å². The Morgan fingerprint density at radius 3 is 2.67 bits per heavy atom. The van der Waals surface area contributed by atoms with Crippen molar-refractivity contribution < 1.29 is 27.5 Å². The predicted octanol–water partition coefficient (Wildman–Crippen LogP) is 0.991. The third-order valence-electron chi connectivity index (χ3n) is 4.00. The van der Waals surface area contributed by atoms with Gasteiger partial charge in [0, 0.05) is 19.7 Å². The molecule has 0 aromatic heterocycles. The van der Waals surface area contributed by atoms with Gasteiger partial charge in [0.05, 0.1) is 16.6 Å². The number of hydrogen-bond acceptors (Lipinski definition) is 6. The van der Waals surface area contributed by atoms with Gasteiger partial charge < -0.3 is 14.8 Å². The summed E-state index contributed by atoms with van der Waals surface area (Å²) >= 11 is 0. The Hall–Kier alpha value is -2.23. The van der Waals surface area contributed by atoms with Crippen LogP contribution in [0.5, 0.6) is 0 Å². The largest absolute Gasteiger partial charge is 0.449 e. The van der Waals surface area contributed by atoms with Crippen molar-refractivity contribution in [2.45, 2.75) is 36.9 Å². The molecule has 27 heavy (non-hydrogen) atoms. The Morgan fingerprint density at radius 2 is 2.07 bits per heavy atom. The van der Waals surface area contributed by atoms with Crippen LogP contribution < -0.4 is 10.0 Å². The maximum absolute atomic E-state index is 12.3. The second kappa shape index (κ2) is 9.63. The van der Waals surface area contributed by atoms with Gasteiger partial charge in [-0.25, -0.2) is 17.9 Å². The van der Waals surface area contributed by atoms with Crippen LogP contribution in [-0.2, 0) is 24.3 Å². The zero-order valence-corrected chi connectivity index (χ0v) is 16.0. The summed E-state index contributed by atoms with van der Waals surface area (Å²) < 4.78 is 37.5. The minimum atomic E-state index is -3.69. The summed E-state index contributed by atoms with van der Waals surface area (Å²) in [4.78, 5) is 23.8. The fourth-order valence-electron chi connectivity index (χ4n) is 2.46. The molecule has 8 nitrogen and oxygen atoms in total. The lowest BCUT2D eigenvalue weighted by atomic mass is 10.2. The summed E-state index contributed by atoms with van der Waals surface area (Å²) in [5.74, 6) is -1.16. The van der Waals surface area contributed by atoms with Gasteiger partial charge in [-0.2, -0.15) is 0 Å². The van der Waals surface area contributed by atoms with E-state index in [-0.39, 0.29) is 29.7 Å². The fraction of sp³-hybridized carbons (Fsp3) is 0.444. The number of sulfonamides is 1. The highest BCUT2D eigenvalue weighted by Gasteiger charge is 2.22. The van der Waals surface area contributed by atoms with Crippen LogP contribution in [0.4, 0.5) is 0 Å². The van der Waals surface area contributed by atoms with E-state index in [1.165, 1.54) is 37.3 Å². The number of amides is 1. The van der Waals surface area contributed by atoms with E-state index in [9.17, 15) is 18.0 Å². The van der Waals surface area contributed by atoms with E-state index < -0.39 is 28.0 Å². The molecule has 1 aromatic carbocycles. The van der Waals surface area contributed by atoms with Gasteiger partial charge in [-0.15, -0.1) is 6.58 Å².